The van der Waals surface area contributed by atoms with Gasteiger partial charge in [0.15, 0.2) is 5.82 Å². The Bertz CT molecular complexity index is 622. The van der Waals surface area contributed by atoms with Crippen molar-refractivity contribution >= 4 is 11.6 Å². The highest BCUT2D eigenvalue weighted by atomic mass is 35.5. The average molecular weight is 312 g/mol. The smallest absolute Gasteiger partial charge is 0.243 e. The van der Waals surface area contributed by atoms with Crippen LogP contribution in [0, 0.1) is 5.82 Å². The summed E-state index contributed by atoms with van der Waals surface area (Å²) in [6.45, 7) is 8.27. The number of benzene rings is 1. The van der Waals surface area contributed by atoms with Gasteiger partial charge in [-0.1, -0.05) is 49.7 Å². The third-order valence-corrected chi connectivity index (χ3v) is 3.41. The molecule has 1 unspecified atom stereocenters. The molecule has 0 spiro atoms. The van der Waals surface area contributed by atoms with E-state index in [4.69, 9.17) is 16.1 Å². The number of nitrogens with one attached hydrogen (secondary N) is 1. The lowest BCUT2D eigenvalue weighted by Gasteiger charge is -2.12. The summed E-state index contributed by atoms with van der Waals surface area (Å²) in [6, 6.07) is 4.76. The van der Waals surface area contributed by atoms with Crippen molar-refractivity contribution < 1.29 is 8.91 Å². The molecule has 1 N–H and O–H groups in total. The van der Waals surface area contributed by atoms with Gasteiger partial charge < -0.3 is 9.84 Å². The molecule has 0 fully saturated rings. The number of halogens is 2. The van der Waals surface area contributed by atoms with E-state index in [0.717, 1.165) is 0 Å². The van der Waals surface area contributed by atoms with Crippen LogP contribution in [0.25, 0.3) is 0 Å². The van der Waals surface area contributed by atoms with E-state index in [0.29, 0.717) is 23.8 Å². The fourth-order valence-electron chi connectivity index (χ4n) is 1.75. The number of aromatic nitrogens is 2. The maximum Gasteiger partial charge on any atom is 0.243 e. The molecule has 2 aromatic rings. The van der Waals surface area contributed by atoms with Crippen molar-refractivity contribution in [3.63, 3.8) is 0 Å². The van der Waals surface area contributed by atoms with Gasteiger partial charge in [-0.15, -0.1) is 0 Å². The van der Waals surface area contributed by atoms with Crippen LogP contribution < -0.4 is 5.32 Å². The first-order chi connectivity index (χ1) is 9.79. The molecular formula is C15H19ClFN3O. The first kappa shape index (κ1) is 15.9. The Morgan fingerprint density at radius 2 is 2.10 bits per heavy atom. The van der Waals surface area contributed by atoms with E-state index in [1.165, 1.54) is 6.07 Å². The minimum atomic E-state index is -0.403. The summed E-state index contributed by atoms with van der Waals surface area (Å²) < 4.78 is 19.0. The van der Waals surface area contributed by atoms with E-state index in [9.17, 15) is 4.39 Å². The summed E-state index contributed by atoms with van der Waals surface area (Å²) in [6.07, 6.45) is 0. The SMILES string of the molecule is CC(NCc1cccc(Cl)c1F)c1nc(C(C)(C)C)no1. The molecule has 1 aromatic heterocycles. The Labute approximate surface area is 128 Å². The molecule has 0 radical (unpaired) electrons. The lowest BCUT2D eigenvalue weighted by molar-refractivity contribution is 0.330. The molecule has 1 aromatic carbocycles. The van der Waals surface area contributed by atoms with Crippen LogP contribution in [0.3, 0.4) is 0 Å². The highest BCUT2D eigenvalue weighted by molar-refractivity contribution is 6.30. The molecule has 114 valence electrons. The zero-order valence-corrected chi connectivity index (χ0v) is 13.3. The topological polar surface area (TPSA) is 51.0 Å². The first-order valence-corrected chi connectivity index (χ1v) is 7.17. The zero-order chi connectivity index (χ0) is 15.6. The fraction of sp³-hybridized carbons (Fsp3) is 0.467. The van der Waals surface area contributed by atoms with Crippen LogP contribution in [0.2, 0.25) is 5.02 Å². The molecule has 0 aliphatic carbocycles. The molecular weight excluding hydrogens is 293 g/mol. The Kier molecular flexibility index (Phi) is 4.64. The van der Waals surface area contributed by atoms with Crippen molar-refractivity contribution in [2.45, 2.75) is 45.7 Å². The maximum atomic E-state index is 13.8. The van der Waals surface area contributed by atoms with Crippen molar-refractivity contribution in [2.24, 2.45) is 0 Å². The van der Waals surface area contributed by atoms with Crippen LogP contribution in [0.15, 0.2) is 22.7 Å². The standard InChI is InChI=1S/C15H19ClFN3O/c1-9(13-19-14(20-21-13)15(2,3)4)18-8-10-6-5-7-11(16)12(10)17/h5-7,9,18H,8H2,1-4H3. The highest BCUT2D eigenvalue weighted by Crippen LogP contribution is 2.22. The molecule has 0 aliphatic rings. The Balaban J connectivity index is 2.03. The Hall–Kier alpha value is -1.46. The third-order valence-electron chi connectivity index (χ3n) is 3.11. The molecule has 6 heteroatoms. The molecule has 4 nitrogen and oxygen atoms in total. The monoisotopic (exact) mass is 311 g/mol. The van der Waals surface area contributed by atoms with Crippen LogP contribution >= 0.6 is 11.6 Å². The Morgan fingerprint density at radius 1 is 1.38 bits per heavy atom. The van der Waals surface area contributed by atoms with Crippen LogP contribution in [0.5, 0.6) is 0 Å². The quantitative estimate of drug-likeness (QED) is 0.927. The average Bonchev–Trinajstić information content (AvgIpc) is 2.90. The van der Waals surface area contributed by atoms with E-state index in [-0.39, 0.29) is 16.5 Å². The van der Waals surface area contributed by atoms with Gasteiger partial charge in [0, 0.05) is 17.5 Å². The van der Waals surface area contributed by atoms with Gasteiger partial charge in [-0.2, -0.15) is 4.98 Å². The molecule has 2 rings (SSSR count). The molecule has 0 aliphatic heterocycles. The van der Waals surface area contributed by atoms with Gasteiger partial charge in [0.05, 0.1) is 11.1 Å². The molecule has 0 bridgehead atoms. The predicted octanol–water partition coefficient (Wildman–Crippen LogP) is 4.01. The van der Waals surface area contributed by atoms with Crippen LogP contribution in [0.4, 0.5) is 4.39 Å². The molecule has 21 heavy (non-hydrogen) atoms. The van der Waals surface area contributed by atoms with Gasteiger partial charge in [0.2, 0.25) is 5.89 Å². The van der Waals surface area contributed by atoms with Crippen LogP contribution in [-0.4, -0.2) is 10.1 Å². The second kappa shape index (κ2) is 6.12. The maximum absolute atomic E-state index is 13.8. The van der Waals surface area contributed by atoms with E-state index < -0.39 is 5.82 Å². The van der Waals surface area contributed by atoms with Gasteiger partial charge in [-0.25, -0.2) is 4.39 Å². The zero-order valence-electron chi connectivity index (χ0n) is 12.6. The van der Waals surface area contributed by atoms with Crippen molar-refractivity contribution in [1.82, 2.24) is 15.5 Å². The summed E-state index contributed by atoms with van der Waals surface area (Å²) in [5, 5.41) is 7.25. The minimum absolute atomic E-state index is 0.120. The van der Waals surface area contributed by atoms with Crippen LogP contribution in [-0.2, 0) is 12.0 Å². The van der Waals surface area contributed by atoms with Gasteiger partial charge in [0.1, 0.15) is 5.82 Å². The number of hydrogen-bond donors (Lipinski definition) is 1. The minimum Gasteiger partial charge on any atom is -0.338 e. The van der Waals surface area contributed by atoms with Gasteiger partial charge >= 0.3 is 0 Å². The molecule has 0 saturated heterocycles. The second-order valence-corrected chi connectivity index (χ2v) is 6.43. The molecule has 0 saturated carbocycles. The van der Waals surface area contributed by atoms with E-state index in [1.807, 2.05) is 27.7 Å². The predicted molar refractivity (Wildman–Crippen MR) is 79.7 cm³/mol. The van der Waals surface area contributed by atoms with Crippen molar-refractivity contribution in [2.75, 3.05) is 0 Å². The number of nitrogens with zero attached hydrogens (tertiary/aromatic N) is 2. The third kappa shape index (κ3) is 3.80. The molecule has 1 atom stereocenters. The largest absolute Gasteiger partial charge is 0.338 e. The van der Waals surface area contributed by atoms with Crippen molar-refractivity contribution in [3.05, 3.63) is 46.3 Å². The van der Waals surface area contributed by atoms with Gasteiger partial charge in [-0.3, -0.25) is 0 Å². The summed E-state index contributed by atoms with van der Waals surface area (Å²) >= 11 is 5.76. The second-order valence-electron chi connectivity index (χ2n) is 6.02. The lowest BCUT2D eigenvalue weighted by Crippen LogP contribution is -2.20. The number of hydrogen-bond acceptors (Lipinski definition) is 4. The lowest BCUT2D eigenvalue weighted by atomic mass is 9.96. The normalized spacial score (nSPS) is 13.4. The van der Waals surface area contributed by atoms with Crippen molar-refractivity contribution in [3.8, 4) is 0 Å². The van der Waals surface area contributed by atoms with E-state index >= 15 is 0 Å². The summed E-state index contributed by atoms with van der Waals surface area (Å²) in [5.74, 6) is 0.738. The summed E-state index contributed by atoms with van der Waals surface area (Å²) in [7, 11) is 0. The van der Waals surface area contributed by atoms with Crippen LogP contribution in [0.1, 0.15) is 51.0 Å². The highest BCUT2D eigenvalue weighted by Gasteiger charge is 2.23. The number of rotatable bonds is 4. The molecule has 0 amide bonds. The van der Waals surface area contributed by atoms with E-state index in [1.54, 1.807) is 12.1 Å². The fourth-order valence-corrected chi connectivity index (χ4v) is 1.95. The summed E-state index contributed by atoms with van der Waals surface area (Å²) in [4.78, 5) is 4.37. The first-order valence-electron chi connectivity index (χ1n) is 6.79. The van der Waals surface area contributed by atoms with Crippen molar-refractivity contribution in [1.29, 1.82) is 0 Å². The van der Waals surface area contributed by atoms with E-state index in [2.05, 4.69) is 15.5 Å². The summed E-state index contributed by atoms with van der Waals surface area (Å²) in [5.41, 5.74) is 0.338. The van der Waals surface area contributed by atoms with Gasteiger partial charge in [-0.05, 0) is 13.0 Å². The Morgan fingerprint density at radius 3 is 2.71 bits per heavy atom. The molecule has 1 heterocycles. The van der Waals surface area contributed by atoms with Gasteiger partial charge in [0.25, 0.3) is 0 Å².